The average molecular weight is 453 g/mol. The first kappa shape index (κ1) is 21.5. The molecule has 8 nitrogen and oxygen atoms in total. The molecule has 0 aliphatic carbocycles. The molecule has 170 valence electrons. The molecular formula is C26H24N6O2. The summed E-state index contributed by atoms with van der Waals surface area (Å²) in [5.41, 5.74) is 3.06. The van der Waals surface area contributed by atoms with E-state index in [0.717, 1.165) is 16.7 Å². The van der Waals surface area contributed by atoms with Crippen molar-refractivity contribution in [3.63, 3.8) is 0 Å². The molecule has 1 aromatic carbocycles. The van der Waals surface area contributed by atoms with Crippen LogP contribution in [-0.2, 0) is 24.3 Å². The van der Waals surface area contributed by atoms with Crippen LogP contribution < -0.4 is 5.32 Å². The molecule has 0 saturated carbocycles. The van der Waals surface area contributed by atoms with Gasteiger partial charge in [0.2, 0.25) is 5.91 Å². The number of hydrogen-bond acceptors (Lipinski definition) is 5. The molecule has 0 radical (unpaired) electrons. The number of imidazole rings is 1. The summed E-state index contributed by atoms with van der Waals surface area (Å²) in [4.78, 5) is 40.9. The predicted octanol–water partition coefficient (Wildman–Crippen LogP) is 2.78. The van der Waals surface area contributed by atoms with Gasteiger partial charge in [0.25, 0.3) is 5.91 Å². The predicted molar refractivity (Wildman–Crippen MR) is 126 cm³/mol. The number of fused-ring (bicyclic) bond motifs is 1. The molecule has 1 atom stereocenters. The Morgan fingerprint density at radius 1 is 0.912 bits per heavy atom. The molecule has 2 amide bonds. The van der Waals surface area contributed by atoms with Crippen molar-refractivity contribution in [1.29, 1.82) is 0 Å². The van der Waals surface area contributed by atoms with Gasteiger partial charge in [0.05, 0.1) is 6.42 Å². The number of amides is 2. The first-order valence-electron chi connectivity index (χ1n) is 11.2. The van der Waals surface area contributed by atoms with E-state index in [2.05, 4.69) is 20.3 Å². The maximum Gasteiger partial charge on any atom is 0.271 e. The van der Waals surface area contributed by atoms with Crippen LogP contribution in [0, 0.1) is 0 Å². The van der Waals surface area contributed by atoms with Crippen molar-refractivity contribution in [2.45, 2.75) is 25.6 Å². The van der Waals surface area contributed by atoms with E-state index < -0.39 is 0 Å². The summed E-state index contributed by atoms with van der Waals surface area (Å²) in [6.07, 6.45) is 8.85. The summed E-state index contributed by atoms with van der Waals surface area (Å²) in [6.45, 7) is 1.46. The van der Waals surface area contributed by atoms with Gasteiger partial charge >= 0.3 is 0 Å². The molecule has 8 heteroatoms. The molecule has 0 spiro atoms. The summed E-state index contributed by atoms with van der Waals surface area (Å²) >= 11 is 0. The minimum absolute atomic E-state index is 0.00122. The average Bonchev–Trinajstić information content (AvgIpc) is 3.33. The summed E-state index contributed by atoms with van der Waals surface area (Å²) < 4.78 is 1.98. The van der Waals surface area contributed by atoms with Crippen LogP contribution in [0.25, 0.3) is 0 Å². The first-order valence-corrected chi connectivity index (χ1v) is 11.2. The zero-order chi connectivity index (χ0) is 23.3. The van der Waals surface area contributed by atoms with Crippen LogP contribution in [0.5, 0.6) is 0 Å². The molecule has 1 N–H and O–H groups in total. The molecule has 5 rings (SSSR count). The van der Waals surface area contributed by atoms with Crippen LogP contribution >= 0.6 is 0 Å². The van der Waals surface area contributed by atoms with Crippen LogP contribution in [-0.4, -0.2) is 42.8 Å². The Bertz CT molecular complexity index is 1270. The fraction of sp³-hybridized carbons (Fsp3) is 0.192. The Kier molecular flexibility index (Phi) is 6.11. The van der Waals surface area contributed by atoms with Gasteiger partial charge in [0.1, 0.15) is 17.6 Å². The second kappa shape index (κ2) is 9.66. The van der Waals surface area contributed by atoms with Crippen LogP contribution in [0.1, 0.15) is 39.0 Å². The number of nitrogens with one attached hydrogen (secondary N) is 1. The second-order valence-electron chi connectivity index (χ2n) is 8.16. The summed E-state index contributed by atoms with van der Waals surface area (Å²) in [5.74, 6) is 0.424. The van der Waals surface area contributed by atoms with Crippen LogP contribution in [0.3, 0.4) is 0 Å². The van der Waals surface area contributed by atoms with Crippen molar-refractivity contribution in [1.82, 2.24) is 29.7 Å². The van der Waals surface area contributed by atoms with E-state index in [-0.39, 0.29) is 24.3 Å². The normalized spacial score (nSPS) is 14.9. The van der Waals surface area contributed by atoms with Gasteiger partial charge in [-0.1, -0.05) is 42.5 Å². The third-order valence-corrected chi connectivity index (χ3v) is 5.87. The number of hydrogen-bond donors (Lipinski definition) is 1. The van der Waals surface area contributed by atoms with Crippen molar-refractivity contribution in [2.75, 3.05) is 6.54 Å². The zero-order valence-corrected chi connectivity index (χ0v) is 18.5. The van der Waals surface area contributed by atoms with E-state index in [4.69, 9.17) is 0 Å². The number of rotatable bonds is 6. The van der Waals surface area contributed by atoms with E-state index in [9.17, 15) is 9.59 Å². The van der Waals surface area contributed by atoms with Gasteiger partial charge in [-0.15, -0.1) is 0 Å². The molecule has 1 aliphatic rings. The topological polar surface area (TPSA) is 93.0 Å². The van der Waals surface area contributed by atoms with Crippen molar-refractivity contribution in [3.8, 4) is 0 Å². The number of carbonyl (C=O) groups excluding carboxylic acids is 2. The Morgan fingerprint density at radius 2 is 1.65 bits per heavy atom. The van der Waals surface area contributed by atoms with Crippen LogP contribution in [0.2, 0.25) is 0 Å². The van der Waals surface area contributed by atoms with Gasteiger partial charge < -0.3 is 14.8 Å². The first-order chi connectivity index (χ1) is 16.7. The third kappa shape index (κ3) is 4.56. The van der Waals surface area contributed by atoms with Crippen molar-refractivity contribution in [3.05, 3.63) is 114 Å². The molecule has 4 heterocycles. The lowest BCUT2D eigenvalue weighted by Gasteiger charge is -2.36. The molecule has 1 unspecified atom stereocenters. The Labute approximate surface area is 197 Å². The van der Waals surface area contributed by atoms with E-state index in [1.165, 1.54) is 0 Å². The summed E-state index contributed by atoms with van der Waals surface area (Å²) in [5, 5.41) is 2.90. The van der Waals surface area contributed by atoms with Crippen LogP contribution in [0.4, 0.5) is 0 Å². The third-order valence-electron chi connectivity index (χ3n) is 5.87. The Hall–Kier alpha value is -4.33. The molecule has 1 aliphatic heterocycles. The number of nitrogens with zero attached hydrogens (tertiary/aromatic N) is 5. The fourth-order valence-electron chi connectivity index (χ4n) is 4.21. The number of pyridine rings is 2. The number of carbonyl (C=O) groups is 2. The molecule has 34 heavy (non-hydrogen) atoms. The zero-order valence-electron chi connectivity index (χ0n) is 18.5. The van der Waals surface area contributed by atoms with Gasteiger partial charge in [-0.05, 0) is 28.8 Å². The minimum atomic E-state index is -0.376. The molecule has 0 fully saturated rings. The monoisotopic (exact) mass is 452 g/mol. The van der Waals surface area contributed by atoms with Gasteiger partial charge in [0, 0.05) is 50.6 Å². The van der Waals surface area contributed by atoms with Crippen molar-refractivity contribution < 1.29 is 9.59 Å². The molecule has 0 bridgehead atoms. The fourth-order valence-corrected chi connectivity index (χ4v) is 4.21. The maximum absolute atomic E-state index is 13.3. The maximum atomic E-state index is 13.3. The van der Waals surface area contributed by atoms with Crippen LogP contribution in [0.15, 0.2) is 85.6 Å². The SMILES string of the molecule is O=C(NCc1cccnc1)c1cn2c(n1)C(c1ccccc1)N(C(=O)Cc1cccnc1)CC2. The highest BCUT2D eigenvalue weighted by Gasteiger charge is 2.34. The number of aromatic nitrogens is 4. The lowest BCUT2D eigenvalue weighted by atomic mass is 10.0. The van der Waals surface area contributed by atoms with Crippen molar-refractivity contribution >= 4 is 11.8 Å². The molecule has 4 aromatic rings. The van der Waals surface area contributed by atoms with Gasteiger partial charge in [0.15, 0.2) is 0 Å². The van der Waals surface area contributed by atoms with Crippen molar-refractivity contribution in [2.24, 2.45) is 0 Å². The molecule has 0 saturated heterocycles. The Balaban J connectivity index is 1.41. The van der Waals surface area contributed by atoms with Gasteiger partial charge in [-0.25, -0.2) is 4.98 Å². The summed E-state index contributed by atoms with van der Waals surface area (Å²) in [7, 11) is 0. The van der Waals surface area contributed by atoms with E-state index in [0.29, 0.717) is 31.2 Å². The lowest BCUT2D eigenvalue weighted by molar-refractivity contribution is -0.133. The Morgan fingerprint density at radius 3 is 2.35 bits per heavy atom. The minimum Gasteiger partial charge on any atom is -0.347 e. The standard InChI is InChI=1S/C26H24N6O2/c33-23(14-19-6-4-10-27-15-19)32-13-12-31-18-22(26(34)29-17-20-7-5-11-28-16-20)30-25(31)24(32)21-8-2-1-3-9-21/h1-11,15-16,18,24H,12-14,17H2,(H,29,34). The second-order valence-corrected chi connectivity index (χ2v) is 8.16. The van der Waals surface area contributed by atoms with Gasteiger partial charge in [-0.2, -0.15) is 0 Å². The highest BCUT2D eigenvalue weighted by Crippen LogP contribution is 2.32. The van der Waals surface area contributed by atoms with E-state index >= 15 is 0 Å². The quantitative estimate of drug-likeness (QED) is 0.486. The van der Waals surface area contributed by atoms with E-state index in [1.807, 2.05) is 64.1 Å². The highest BCUT2D eigenvalue weighted by atomic mass is 16.2. The molecular weight excluding hydrogens is 428 g/mol. The number of benzene rings is 1. The summed E-state index contributed by atoms with van der Waals surface area (Å²) in [6, 6.07) is 16.9. The highest BCUT2D eigenvalue weighted by molar-refractivity contribution is 5.92. The smallest absolute Gasteiger partial charge is 0.271 e. The van der Waals surface area contributed by atoms with Gasteiger partial charge in [-0.3, -0.25) is 19.6 Å². The largest absolute Gasteiger partial charge is 0.347 e. The lowest BCUT2D eigenvalue weighted by Crippen LogP contribution is -2.43. The van der Waals surface area contributed by atoms with E-state index in [1.54, 1.807) is 31.0 Å². The molecule has 3 aromatic heterocycles.